The fourth-order valence-corrected chi connectivity index (χ4v) is 1.48. The van der Waals surface area contributed by atoms with Gasteiger partial charge < -0.3 is 10.2 Å². The van der Waals surface area contributed by atoms with Crippen LogP contribution in [0.3, 0.4) is 0 Å². The van der Waals surface area contributed by atoms with Crippen molar-refractivity contribution in [2.45, 2.75) is 46.2 Å². The van der Waals surface area contributed by atoms with E-state index in [2.05, 4.69) is 19.2 Å². The van der Waals surface area contributed by atoms with E-state index in [0.717, 1.165) is 12.8 Å². The van der Waals surface area contributed by atoms with Crippen LogP contribution in [0.15, 0.2) is 0 Å². The van der Waals surface area contributed by atoms with Gasteiger partial charge in [0, 0.05) is 13.5 Å². The van der Waals surface area contributed by atoms with Crippen molar-refractivity contribution in [1.82, 2.24) is 10.2 Å². The number of hydrogen-bond donors (Lipinski definition) is 1. The van der Waals surface area contributed by atoms with Crippen LogP contribution in [-0.4, -0.2) is 31.1 Å². The Balaban J connectivity index is 4.15. The molecule has 14 heavy (non-hydrogen) atoms. The summed E-state index contributed by atoms with van der Waals surface area (Å²) in [5, 5.41) is 3.18. The highest BCUT2D eigenvalue weighted by molar-refractivity contribution is 5.76. The molecule has 0 radical (unpaired) electrons. The molecule has 1 amide bonds. The molecule has 0 fully saturated rings. The molecule has 1 atom stereocenters. The first-order valence-corrected chi connectivity index (χ1v) is 5.45. The third-order valence-electron chi connectivity index (χ3n) is 2.35. The van der Waals surface area contributed by atoms with Crippen LogP contribution in [-0.2, 0) is 4.79 Å². The van der Waals surface area contributed by atoms with Crippen LogP contribution in [0.25, 0.3) is 0 Å². The van der Waals surface area contributed by atoms with Gasteiger partial charge in [0.05, 0.1) is 6.17 Å². The van der Waals surface area contributed by atoms with Gasteiger partial charge in [0.2, 0.25) is 5.91 Å². The second-order valence-electron chi connectivity index (χ2n) is 4.19. The van der Waals surface area contributed by atoms with Crippen LogP contribution in [0.5, 0.6) is 0 Å². The van der Waals surface area contributed by atoms with E-state index in [1.165, 1.54) is 0 Å². The zero-order chi connectivity index (χ0) is 11.1. The average Bonchev–Trinajstić information content (AvgIpc) is 2.13. The Morgan fingerprint density at radius 2 is 2.00 bits per heavy atom. The lowest BCUT2D eigenvalue weighted by Gasteiger charge is -2.29. The highest BCUT2D eigenvalue weighted by atomic mass is 16.2. The van der Waals surface area contributed by atoms with E-state index < -0.39 is 0 Å². The van der Waals surface area contributed by atoms with Crippen LogP contribution in [0.2, 0.25) is 0 Å². The molecule has 0 aromatic carbocycles. The summed E-state index contributed by atoms with van der Waals surface area (Å²) in [6.45, 7) is 6.37. The second kappa shape index (κ2) is 6.82. The highest BCUT2D eigenvalue weighted by Gasteiger charge is 2.18. The van der Waals surface area contributed by atoms with Crippen molar-refractivity contribution in [3.8, 4) is 0 Å². The Hall–Kier alpha value is -0.570. The molecule has 84 valence electrons. The van der Waals surface area contributed by atoms with Crippen molar-refractivity contribution in [2.75, 3.05) is 14.1 Å². The van der Waals surface area contributed by atoms with E-state index in [0.29, 0.717) is 12.3 Å². The first kappa shape index (κ1) is 13.4. The van der Waals surface area contributed by atoms with Gasteiger partial charge >= 0.3 is 0 Å². The third-order valence-corrected chi connectivity index (χ3v) is 2.35. The molecule has 3 heteroatoms. The maximum absolute atomic E-state index is 11.6. The van der Waals surface area contributed by atoms with E-state index >= 15 is 0 Å². The lowest BCUT2D eigenvalue weighted by Crippen LogP contribution is -2.45. The number of hydrogen-bond acceptors (Lipinski definition) is 2. The fourth-order valence-electron chi connectivity index (χ4n) is 1.48. The van der Waals surface area contributed by atoms with Gasteiger partial charge in [-0.25, -0.2) is 0 Å². The molecular weight excluding hydrogens is 176 g/mol. The SMILES string of the molecule is CCCC(=O)N(C)[C@@H](CC(C)C)NC. The van der Waals surface area contributed by atoms with Crippen molar-refractivity contribution in [2.24, 2.45) is 5.92 Å². The van der Waals surface area contributed by atoms with Gasteiger partial charge in [-0.2, -0.15) is 0 Å². The zero-order valence-corrected chi connectivity index (χ0v) is 10.1. The Morgan fingerprint density at radius 1 is 1.43 bits per heavy atom. The summed E-state index contributed by atoms with van der Waals surface area (Å²) in [4.78, 5) is 13.4. The molecule has 0 aliphatic carbocycles. The summed E-state index contributed by atoms with van der Waals surface area (Å²) >= 11 is 0. The molecule has 1 N–H and O–H groups in total. The van der Waals surface area contributed by atoms with Gasteiger partial charge in [-0.3, -0.25) is 4.79 Å². The van der Waals surface area contributed by atoms with E-state index in [1.807, 2.05) is 25.9 Å². The molecule has 0 aliphatic heterocycles. The summed E-state index contributed by atoms with van der Waals surface area (Å²) in [5.74, 6) is 0.830. The Kier molecular flexibility index (Phi) is 6.54. The van der Waals surface area contributed by atoms with Crippen LogP contribution in [0.1, 0.15) is 40.0 Å². The summed E-state index contributed by atoms with van der Waals surface area (Å²) in [6.07, 6.45) is 2.74. The Bertz CT molecular complexity index is 169. The van der Waals surface area contributed by atoms with Crippen molar-refractivity contribution < 1.29 is 4.79 Å². The minimum atomic E-state index is 0.175. The molecule has 0 aliphatic rings. The van der Waals surface area contributed by atoms with Gasteiger partial charge in [-0.05, 0) is 25.8 Å². The monoisotopic (exact) mass is 200 g/mol. The van der Waals surface area contributed by atoms with Gasteiger partial charge in [0.15, 0.2) is 0 Å². The maximum Gasteiger partial charge on any atom is 0.223 e. The minimum Gasteiger partial charge on any atom is -0.330 e. The maximum atomic E-state index is 11.6. The molecule has 3 nitrogen and oxygen atoms in total. The molecule has 0 aromatic rings. The van der Waals surface area contributed by atoms with Crippen LogP contribution < -0.4 is 5.32 Å². The summed E-state index contributed by atoms with van der Waals surface area (Å²) in [5.41, 5.74) is 0. The number of carbonyl (C=O) groups excluding carboxylic acids is 1. The highest BCUT2D eigenvalue weighted by Crippen LogP contribution is 2.09. The Labute approximate surface area is 87.9 Å². The van der Waals surface area contributed by atoms with Gasteiger partial charge in [-0.15, -0.1) is 0 Å². The molecule has 0 heterocycles. The molecular formula is C11H24N2O. The number of nitrogens with one attached hydrogen (secondary N) is 1. The normalized spacial score (nSPS) is 13.0. The largest absolute Gasteiger partial charge is 0.330 e. The van der Waals surface area contributed by atoms with Crippen molar-refractivity contribution >= 4 is 5.91 Å². The Morgan fingerprint density at radius 3 is 2.36 bits per heavy atom. The number of nitrogens with zero attached hydrogens (tertiary/aromatic N) is 1. The average molecular weight is 200 g/mol. The lowest BCUT2D eigenvalue weighted by atomic mass is 10.1. The second-order valence-corrected chi connectivity index (χ2v) is 4.19. The number of carbonyl (C=O) groups is 1. The first-order valence-electron chi connectivity index (χ1n) is 5.45. The molecule has 0 spiro atoms. The van der Waals surface area contributed by atoms with Gasteiger partial charge in [0.25, 0.3) is 0 Å². The van der Waals surface area contributed by atoms with E-state index in [9.17, 15) is 4.79 Å². The third kappa shape index (κ3) is 4.61. The summed E-state index contributed by atoms with van der Waals surface area (Å²) in [6, 6.07) is 0. The predicted molar refractivity (Wildman–Crippen MR) is 60.0 cm³/mol. The molecule has 0 saturated heterocycles. The lowest BCUT2D eigenvalue weighted by molar-refractivity contribution is -0.132. The zero-order valence-electron chi connectivity index (χ0n) is 10.1. The number of rotatable bonds is 6. The predicted octanol–water partition coefficient (Wildman–Crippen LogP) is 1.84. The van der Waals surface area contributed by atoms with Crippen molar-refractivity contribution in [3.63, 3.8) is 0 Å². The minimum absolute atomic E-state index is 0.175. The molecule has 0 saturated carbocycles. The van der Waals surface area contributed by atoms with Crippen molar-refractivity contribution in [3.05, 3.63) is 0 Å². The molecule has 0 unspecified atom stereocenters. The molecule has 0 rings (SSSR count). The van der Waals surface area contributed by atoms with E-state index in [1.54, 1.807) is 0 Å². The quantitative estimate of drug-likeness (QED) is 0.663. The summed E-state index contributed by atoms with van der Waals surface area (Å²) < 4.78 is 0. The van der Waals surface area contributed by atoms with Gasteiger partial charge in [0.1, 0.15) is 0 Å². The van der Waals surface area contributed by atoms with Gasteiger partial charge in [-0.1, -0.05) is 20.8 Å². The standard InChI is InChI=1S/C11H24N2O/c1-6-7-11(14)13(5)10(12-4)8-9(2)3/h9-10,12H,6-8H2,1-5H3/t10-/m0/s1. The van der Waals surface area contributed by atoms with Crippen LogP contribution >= 0.6 is 0 Å². The topological polar surface area (TPSA) is 32.3 Å². The fraction of sp³-hybridized carbons (Fsp3) is 0.909. The van der Waals surface area contributed by atoms with E-state index in [4.69, 9.17) is 0 Å². The molecule has 0 aromatic heterocycles. The van der Waals surface area contributed by atoms with Crippen LogP contribution in [0, 0.1) is 5.92 Å². The first-order chi connectivity index (χ1) is 6.52. The van der Waals surface area contributed by atoms with Crippen LogP contribution in [0.4, 0.5) is 0 Å². The molecule has 0 bridgehead atoms. The van der Waals surface area contributed by atoms with E-state index in [-0.39, 0.29) is 12.1 Å². The smallest absolute Gasteiger partial charge is 0.223 e. The van der Waals surface area contributed by atoms with Crippen molar-refractivity contribution in [1.29, 1.82) is 0 Å². The summed E-state index contributed by atoms with van der Waals surface area (Å²) in [7, 11) is 3.78. The number of amides is 1.